The molecule has 3 N–H and O–H groups in total. The summed E-state index contributed by atoms with van der Waals surface area (Å²) in [5.41, 5.74) is 5.80. The number of piperidine rings is 1. The highest BCUT2D eigenvalue weighted by Crippen LogP contribution is 2.21. The van der Waals surface area contributed by atoms with E-state index in [1.54, 1.807) is 0 Å². The first-order valence-electron chi connectivity index (χ1n) is 8.99. The van der Waals surface area contributed by atoms with Gasteiger partial charge in [0.25, 0.3) is 0 Å². The molecule has 4 nitrogen and oxygen atoms in total. The first-order chi connectivity index (χ1) is 10.1. The molecule has 1 unspecified atom stereocenters. The molecule has 0 bridgehead atoms. The van der Waals surface area contributed by atoms with Crippen molar-refractivity contribution in [3.05, 3.63) is 0 Å². The number of rotatable bonds is 8. The van der Waals surface area contributed by atoms with Crippen LogP contribution >= 0.6 is 0 Å². The molecule has 2 heterocycles. The zero-order valence-corrected chi connectivity index (χ0v) is 13.9. The normalized spacial score (nSPS) is 25.3. The van der Waals surface area contributed by atoms with Crippen molar-refractivity contribution in [3.63, 3.8) is 0 Å². The van der Waals surface area contributed by atoms with Crippen LogP contribution in [0.15, 0.2) is 0 Å². The summed E-state index contributed by atoms with van der Waals surface area (Å²) in [6.07, 6.45) is 8.44. The minimum atomic E-state index is -0.353. The summed E-state index contributed by atoms with van der Waals surface area (Å²) in [5, 5.41) is 9.35. The molecule has 0 aromatic heterocycles. The first-order valence-corrected chi connectivity index (χ1v) is 8.99. The minimum absolute atomic E-state index is 0.113. The fourth-order valence-electron chi connectivity index (χ4n) is 3.75. The molecule has 2 fully saturated rings. The van der Waals surface area contributed by atoms with Gasteiger partial charge in [0.05, 0.1) is 6.61 Å². The molecule has 2 aliphatic rings. The van der Waals surface area contributed by atoms with Crippen molar-refractivity contribution in [2.75, 3.05) is 45.9 Å². The summed E-state index contributed by atoms with van der Waals surface area (Å²) in [4.78, 5) is 5.25. The van der Waals surface area contributed by atoms with Gasteiger partial charge in [-0.1, -0.05) is 6.92 Å². The Kier molecular flexibility index (Phi) is 6.93. The van der Waals surface area contributed by atoms with E-state index in [1.807, 2.05) is 0 Å². The Bertz CT molecular complexity index is 280. The van der Waals surface area contributed by atoms with Gasteiger partial charge in [0.2, 0.25) is 0 Å². The zero-order chi connectivity index (χ0) is 15.1. The maximum Gasteiger partial charge on any atom is 0.0611 e. The fourth-order valence-corrected chi connectivity index (χ4v) is 3.75. The second kappa shape index (κ2) is 8.47. The van der Waals surface area contributed by atoms with E-state index in [4.69, 9.17) is 5.73 Å². The molecule has 2 aliphatic heterocycles. The van der Waals surface area contributed by atoms with Crippen LogP contribution in [0.4, 0.5) is 0 Å². The highest BCUT2D eigenvalue weighted by molar-refractivity contribution is 4.83. The van der Waals surface area contributed by atoms with Crippen molar-refractivity contribution in [2.24, 2.45) is 11.7 Å². The summed E-state index contributed by atoms with van der Waals surface area (Å²) in [7, 11) is 0. The number of likely N-dealkylation sites (tertiary alicyclic amines) is 2. The van der Waals surface area contributed by atoms with E-state index < -0.39 is 0 Å². The third-order valence-electron chi connectivity index (χ3n) is 5.59. The Labute approximate surface area is 130 Å². The van der Waals surface area contributed by atoms with E-state index in [9.17, 15) is 5.11 Å². The van der Waals surface area contributed by atoms with Gasteiger partial charge < -0.3 is 20.6 Å². The Balaban J connectivity index is 1.58. The smallest absolute Gasteiger partial charge is 0.0611 e. The number of nitrogens with zero attached hydrogens (tertiary/aromatic N) is 2. The summed E-state index contributed by atoms with van der Waals surface area (Å²) >= 11 is 0. The van der Waals surface area contributed by atoms with E-state index in [0.29, 0.717) is 0 Å². The van der Waals surface area contributed by atoms with Gasteiger partial charge in [-0.05, 0) is 83.6 Å². The predicted octanol–water partition coefficient (Wildman–Crippen LogP) is 1.67. The first kappa shape index (κ1) is 17.2. The van der Waals surface area contributed by atoms with Gasteiger partial charge in [-0.3, -0.25) is 0 Å². The minimum Gasteiger partial charge on any atom is -0.394 e. The number of aliphatic hydroxyl groups is 1. The van der Waals surface area contributed by atoms with Crippen LogP contribution in [0.5, 0.6) is 0 Å². The van der Waals surface area contributed by atoms with E-state index in [0.717, 1.165) is 31.7 Å². The Morgan fingerprint density at radius 2 is 1.76 bits per heavy atom. The second-order valence-corrected chi connectivity index (χ2v) is 7.27. The summed E-state index contributed by atoms with van der Waals surface area (Å²) in [5.74, 6) is 0.918. The molecule has 4 heteroatoms. The van der Waals surface area contributed by atoms with Crippen LogP contribution in [0.25, 0.3) is 0 Å². The molecule has 2 rings (SSSR count). The van der Waals surface area contributed by atoms with Crippen molar-refractivity contribution in [2.45, 2.75) is 57.4 Å². The van der Waals surface area contributed by atoms with Crippen LogP contribution in [0, 0.1) is 5.92 Å². The Morgan fingerprint density at radius 3 is 2.33 bits per heavy atom. The lowest BCUT2D eigenvalue weighted by Crippen LogP contribution is -2.44. The Morgan fingerprint density at radius 1 is 1.10 bits per heavy atom. The molecule has 2 saturated heterocycles. The van der Waals surface area contributed by atoms with Crippen molar-refractivity contribution in [1.82, 2.24) is 9.80 Å². The maximum atomic E-state index is 9.35. The number of hydrogen-bond acceptors (Lipinski definition) is 4. The van der Waals surface area contributed by atoms with Crippen molar-refractivity contribution in [1.29, 1.82) is 0 Å². The number of nitrogens with two attached hydrogens (primary N) is 1. The highest BCUT2D eigenvalue weighted by atomic mass is 16.3. The van der Waals surface area contributed by atoms with Crippen molar-refractivity contribution >= 4 is 0 Å². The third-order valence-corrected chi connectivity index (χ3v) is 5.59. The lowest BCUT2D eigenvalue weighted by Gasteiger charge is -2.34. The van der Waals surface area contributed by atoms with Gasteiger partial charge in [0, 0.05) is 12.1 Å². The van der Waals surface area contributed by atoms with E-state index >= 15 is 0 Å². The fraction of sp³-hybridized carbons (Fsp3) is 1.00. The average molecular weight is 297 g/mol. The Hall–Kier alpha value is -0.160. The predicted molar refractivity (Wildman–Crippen MR) is 88.4 cm³/mol. The van der Waals surface area contributed by atoms with Crippen LogP contribution in [0.1, 0.15) is 51.9 Å². The van der Waals surface area contributed by atoms with Crippen molar-refractivity contribution < 1.29 is 5.11 Å². The largest absolute Gasteiger partial charge is 0.394 e. The second-order valence-electron chi connectivity index (χ2n) is 7.27. The van der Waals surface area contributed by atoms with Gasteiger partial charge in [-0.25, -0.2) is 0 Å². The molecule has 0 aromatic rings. The molecule has 0 spiro atoms. The van der Waals surface area contributed by atoms with E-state index in [1.165, 1.54) is 58.4 Å². The molecule has 0 saturated carbocycles. The van der Waals surface area contributed by atoms with Crippen LogP contribution in [0.3, 0.4) is 0 Å². The highest BCUT2D eigenvalue weighted by Gasteiger charge is 2.24. The molecule has 0 aromatic carbocycles. The van der Waals surface area contributed by atoms with Crippen molar-refractivity contribution in [3.8, 4) is 0 Å². The summed E-state index contributed by atoms with van der Waals surface area (Å²) in [6, 6.07) is 0. The molecule has 124 valence electrons. The van der Waals surface area contributed by atoms with Crippen LogP contribution in [-0.2, 0) is 0 Å². The topological polar surface area (TPSA) is 52.7 Å². The average Bonchev–Trinajstić information content (AvgIpc) is 3.02. The molecule has 0 amide bonds. The molecule has 0 radical (unpaired) electrons. The van der Waals surface area contributed by atoms with Crippen LogP contribution < -0.4 is 5.73 Å². The van der Waals surface area contributed by atoms with Gasteiger partial charge in [0.1, 0.15) is 0 Å². The SMILES string of the molecule is CCC(N)(CO)CCCN1CCC(CN2CCCC2)CC1. The summed E-state index contributed by atoms with van der Waals surface area (Å²) in [6.45, 7) is 9.83. The number of aliphatic hydroxyl groups excluding tert-OH is 1. The molecular weight excluding hydrogens is 262 g/mol. The van der Waals surface area contributed by atoms with E-state index in [2.05, 4.69) is 16.7 Å². The lowest BCUT2D eigenvalue weighted by molar-refractivity contribution is 0.140. The zero-order valence-electron chi connectivity index (χ0n) is 13.9. The standard InChI is InChI=1S/C17H35N3O/c1-2-17(18,15-21)8-5-11-19-12-6-16(7-13-19)14-20-9-3-4-10-20/h16,21H,2-15,18H2,1H3. The van der Waals surface area contributed by atoms with E-state index in [-0.39, 0.29) is 12.1 Å². The van der Waals surface area contributed by atoms with Crippen LogP contribution in [0.2, 0.25) is 0 Å². The van der Waals surface area contributed by atoms with Gasteiger partial charge in [-0.15, -0.1) is 0 Å². The monoisotopic (exact) mass is 297 g/mol. The third kappa shape index (κ3) is 5.51. The van der Waals surface area contributed by atoms with Crippen LogP contribution in [-0.4, -0.2) is 66.3 Å². The lowest BCUT2D eigenvalue weighted by atomic mass is 9.92. The number of hydrogen-bond donors (Lipinski definition) is 2. The molecular formula is C17H35N3O. The molecule has 1 atom stereocenters. The molecule has 0 aliphatic carbocycles. The quantitative estimate of drug-likeness (QED) is 0.716. The maximum absolute atomic E-state index is 9.35. The molecule has 21 heavy (non-hydrogen) atoms. The van der Waals surface area contributed by atoms with Gasteiger partial charge in [0.15, 0.2) is 0 Å². The van der Waals surface area contributed by atoms with Gasteiger partial charge in [-0.2, -0.15) is 0 Å². The summed E-state index contributed by atoms with van der Waals surface area (Å²) < 4.78 is 0. The van der Waals surface area contributed by atoms with Gasteiger partial charge >= 0.3 is 0 Å².